The highest BCUT2D eigenvalue weighted by molar-refractivity contribution is 6.02. The maximum Gasteiger partial charge on any atom is 0.255 e. The van der Waals surface area contributed by atoms with Crippen LogP contribution < -0.4 is 10.6 Å². The molecule has 0 saturated carbocycles. The number of amides is 3. The molecule has 0 radical (unpaired) electrons. The number of carbonyl (C=O) groups is 3. The van der Waals surface area contributed by atoms with Crippen LogP contribution in [0.4, 0.5) is 5.69 Å². The van der Waals surface area contributed by atoms with Gasteiger partial charge in [-0.1, -0.05) is 6.07 Å². The van der Waals surface area contributed by atoms with E-state index in [1.807, 2.05) is 36.9 Å². The lowest BCUT2D eigenvalue weighted by atomic mass is 9.94. The van der Waals surface area contributed by atoms with E-state index in [0.717, 1.165) is 37.1 Å². The summed E-state index contributed by atoms with van der Waals surface area (Å²) in [7, 11) is 0. The average Bonchev–Trinajstić information content (AvgIpc) is 2.86. The third-order valence-electron chi connectivity index (χ3n) is 6.92. The second kappa shape index (κ2) is 7.93. The van der Waals surface area contributed by atoms with E-state index >= 15 is 0 Å². The Kier molecular flexibility index (Phi) is 5.47. The lowest BCUT2D eigenvalue weighted by Gasteiger charge is -2.40. The lowest BCUT2D eigenvalue weighted by molar-refractivity contribution is -0.147. The highest BCUT2D eigenvalue weighted by Crippen LogP contribution is 2.33. The summed E-state index contributed by atoms with van der Waals surface area (Å²) in [5.74, 6) is -0.104. The van der Waals surface area contributed by atoms with E-state index in [1.54, 1.807) is 4.90 Å². The van der Waals surface area contributed by atoms with Gasteiger partial charge in [-0.3, -0.25) is 14.4 Å². The average molecular weight is 413 g/mol. The minimum Gasteiger partial charge on any atom is -0.362 e. The summed E-state index contributed by atoms with van der Waals surface area (Å²) in [5, 5.41) is 6.60. The topological polar surface area (TPSA) is 81.8 Å². The first-order valence-corrected chi connectivity index (χ1v) is 11.1. The van der Waals surface area contributed by atoms with Gasteiger partial charge < -0.3 is 20.4 Å². The molecule has 2 saturated heterocycles. The molecule has 3 aliphatic heterocycles. The lowest BCUT2D eigenvalue weighted by Crippen LogP contribution is -2.58. The Morgan fingerprint density at radius 2 is 1.97 bits per heavy atom. The van der Waals surface area contributed by atoms with Gasteiger partial charge in [-0.15, -0.1) is 0 Å². The van der Waals surface area contributed by atoms with Gasteiger partial charge in [0.1, 0.15) is 11.7 Å². The summed E-state index contributed by atoms with van der Waals surface area (Å²) in [6.07, 6.45) is 4.55. The Labute approximate surface area is 178 Å². The summed E-state index contributed by atoms with van der Waals surface area (Å²) < 4.78 is 0. The van der Waals surface area contributed by atoms with Crippen LogP contribution in [0.25, 0.3) is 0 Å². The van der Waals surface area contributed by atoms with Crippen LogP contribution in [-0.4, -0.2) is 58.4 Å². The molecule has 3 amide bonds. The molecule has 3 heterocycles. The number of nitrogens with one attached hydrogen (secondary N) is 2. The fourth-order valence-corrected chi connectivity index (χ4v) is 5.02. The summed E-state index contributed by atoms with van der Waals surface area (Å²) in [5.41, 5.74) is 1.85. The molecule has 7 nitrogen and oxygen atoms in total. The van der Waals surface area contributed by atoms with Crippen molar-refractivity contribution in [2.24, 2.45) is 0 Å². The van der Waals surface area contributed by atoms with Crippen molar-refractivity contribution in [3.63, 3.8) is 0 Å². The molecular weight excluding hydrogens is 380 g/mol. The number of likely N-dealkylation sites (tertiary alicyclic amines) is 2. The first-order valence-electron chi connectivity index (χ1n) is 11.1. The summed E-state index contributed by atoms with van der Waals surface area (Å²) in [6, 6.07) is 5.47. The Morgan fingerprint density at radius 1 is 1.17 bits per heavy atom. The van der Waals surface area contributed by atoms with E-state index in [9.17, 15) is 14.4 Å². The zero-order valence-corrected chi connectivity index (χ0v) is 18.2. The number of carbonyl (C=O) groups excluding carboxylic acids is 3. The second-order valence-electron chi connectivity index (χ2n) is 9.10. The summed E-state index contributed by atoms with van der Waals surface area (Å²) in [4.78, 5) is 42.4. The summed E-state index contributed by atoms with van der Waals surface area (Å²) in [6.45, 7) is 7.12. The molecule has 2 fully saturated rings. The van der Waals surface area contributed by atoms with Gasteiger partial charge in [0.15, 0.2) is 0 Å². The smallest absolute Gasteiger partial charge is 0.255 e. The van der Waals surface area contributed by atoms with Crippen molar-refractivity contribution < 1.29 is 14.4 Å². The Balaban J connectivity index is 1.50. The minimum atomic E-state index is -0.663. The van der Waals surface area contributed by atoms with E-state index < -0.39 is 11.7 Å². The normalized spacial score (nSPS) is 27.8. The van der Waals surface area contributed by atoms with Crippen LogP contribution in [0, 0.1) is 6.92 Å². The van der Waals surface area contributed by atoms with Crippen LogP contribution in [0.2, 0.25) is 0 Å². The van der Waals surface area contributed by atoms with Crippen molar-refractivity contribution >= 4 is 23.4 Å². The van der Waals surface area contributed by atoms with Gasteiger partial charge in [-0.25, -0.2) is 0 Å². The number of hydrogen-bond donors (Lipinski definition) is 2. The number of piperidine rings is 1. The van der Waals surface area contributed by atoms with Gasteiger partial charge in [0.05, 0.1) is 5.56 Å². The molecule has 2 N–H and O–H groups in total. The maximum atomic E-state index is 13.1. The molecule has 1 spiro atoms. The van der Waals surface area contributed by atoms with Gasteiger partial charge in [0.25, 0.3) is 5.91 Å². The zero-order valence-electron chi connectivity index (χ0n) is 18.2. The molecule has 4 rings (SSSR count). The number of hydrogen-bond acceptors (Lipinski definition) is 4. The number of anilines is 1. The Bertz CT molecular complexity index is 870. The van der Waals surface area contributed by atoms with E-state index in [-0.39, 0.29) is 23.8 Å². The summed E-state index contributed by atoms with van der Waals surface area (Å²) >= 11 is 0. The van der Waals surface area contributed by atoms with E-state index in [1.165, 1.54) is 0 Å². The predicted octanol–water partition coefficient (Wildman–Crippen LogP) is 2.65. The molecule has 0 bridgehead atoms. The fourth-order valence-electron chi connectivity index (χ4n) is 5.02. The molecular formula is C23H32N4O3. The molecule has 0 aliphatic carbocycles. The molecule has 7 heteroatoms. The van der Waals surface area contributed by atoms with Crippen LogP contribution in [0.5, 0.6) is 0 Å². The zero-order chi connectivity index (χ0) is 21.5. The fraction of sp³-hybridized carbons (Fsp3) is 0.609. The molecule has 162 valence electrons. The SMILES string of the molecule is Cc1ccc2c(c1)NC1(CCC(=O)N(C(C)C(=O)N3CCCCC3C)CC1)NC2=O. The van der Waals surface area contributed by atoms with Gasteiger partial charge in [-0.05, 0) is 64.2 Å². The van der Waals surface area contributed by atoms with Crippen molar-refractivity contribution in [3.8, 4) is 0 Å². The van der Waals surface area contributed by atoms with Crippen LogP contribution in [0.15, 0.2) is 18.2 Å². The molecule has 0 aromatic heterocycles. The molecule has 3 atom stereocenters. The third kappa shape index (κ3) is 3.77. The predicted molar refractivity (Wildman–Crippen MR) is 115 cm³/mol. The number of nitrogens with zero attached hydrogens (tertiary/aromatic N) is 2. The molecule has 3 aliphatic rings. The largest absolute Gasteiger partial charge is 0.362 e. The molecule has 3 unspecified atom stereocenters. The molecule has 30 heavy (non-hydrogen) atoms. The first kappa shape index (κ1) is 20.7. The Hall–Kier alpha value is -2.57. The maximum absolute atomic E-state index is 13.1. The number of benzene rings is 1. The quantitative estimate of drug-likeness (QED) is 0.782. The van der Waals surface area contributed by atoms with Crippen LogP contribution in [-0.2, 0) is 9.59 Å². The van der Waals surface area contributed by atoms with Crippen molar-refractivity contribution in [2.75, 3.05) is 18.4 Å². The van der Waals surface area contributed by atoms with Crippen molar-refractivity contribution in [1.29, 1.82) is 0 Å². The highest BCUT2D eigenvalue weighted by Gasteiger charge is 2.42. The minimum absolute atomic E-state index is 0.0246. The van der Waals surface area contributed by atoms with E-state index in [4.69, 9.17) is 0 Å². The van der Waals surface area contributed by atoms with Crippen molar-refractivity contribution in [3.05, 3.63) is 29.3 Å². The molecule has 1 aromatic rings. The highest BCUT2D eigenvalue weighted by atomic mass is 16.2. The van der Waals surface area contributed by atoms with E-state index in [2.05, 4.69) is 17.6 Å². The first-order chi connectivity index (χ1) is 14.3. The monoisotopic (exact) mass is 412 g/mol. The number of fused-ring (bicyclic) bond motifs is 1. The van der Waals surface area contributed by atoms with Gasteiger partial charge >= 0.3 is 0 Å². The standard InChI is InChI=1S/C23H32N4O3/c1-15-7-8-18-19(14-15)24-23(25-21(18)29)10-9-20(28)27(13-11-23)17(3)22(30)26-12-5-4-6-16(26)2/h7-8,14,16-17,24H,4-6,9-13H2,1-3H3,(H,25,29). The van der Waals surface area contributed by atoms with Gasteiger partial charge in [0.2, 0.25) is 11.8 Å². The van der Waals surface area contributed by atoms with Crippen LogP contribution in [0.1, 0.15) is 68.3 Å². The van der Waals surface area contributed by atoms with Crippen LogP contribution >= 0.6 is 0 Å². The van der Waals surface area contributed by atoms with E-state index in [0.29, 0.717) is 31.4 Å². The third-order valence-corrected chi connectivity index (χ3v) is 6.92. The van der Waals surface area contributed by atoms with Crippen molar-refractivity contribution in [1.82, 2.24) is 15.1 Å². The van der Waals surface area contributed by atoms with Gasteiger partial charge in [0, 0.05) is 37.7 Å². The number of aryl methyl sites for hydroxylation is 1. The Morgan fingerprint density at radius 3 is 2.73 bits per heavy atom. The second-order valence-corrected chi connectivity index (χ2v) is 9.10. The van der Waals surface area contributed by atoms with Gasteiger partial charge in [-0.2, -0.15) is 0 Å². The number of rotatable bonds is 2. The molecule has 1 aromatic carbocycles. The van der Waals surface area contributed by atoms with Crippen LogP contribution in [0.3, 0.4) is 0 Å². The van der Waals surface area contributed by atoms with Crippen molar-refractivity contribution in [2.45, 2.75) is 77.0 Å².